The third-order valence-electron chi connectivity index (χ3n) is 5.18. The van der Waals surface area contributed by atoms with Gasteiger partial charge < -0.3 is 9.47 Å². The Hall–Kier alpha value is -3.93. The number of hydrogen-bond acceptors (Lipinski definition) is 5. The van der Waals surface area contributed by atoms with Gasteiger partial charge in [0, 0.05) is 17.5 Å². The van der Waals surface area contributed by atoms with Gasteiger partial charge in [-0.3, -0.25) is 4.79 Å². The molecule has 0 saturated heterocycles. The second-order valence-electron chi connectivity index (χ2n) is 7.28. The molecule has 162 valence electrons. The summed E-state index contributed by atoms with van der Waals surface area (Å²) in [5.41, 5.74) is 3.13. The fraction of sp³-hybridized carbons (Fsp3) is 0.192. The van der Waals surface area contributed by atoms with Gasteiger partial charge in [0.2, 0.25) is 0 Å². The first-order chi connectivity index (χ1) is 15.7. The molecular weight excluding hydrogens is 404 g/mol. The minimum Gasteiger partial charge on any atom is -0.482 e. The molecule has 0 aliphatic carbocycles. The van der Waals surface area contributed by atoms with Gasteiger partial charge in [0.1, 0.15) is 5.75 Å². The van der Waals surface area contributed by atoms with Gasteiger partial charge in [0.05, 0.1) is 18.4 Å². The highest BCUT2D eigenvalue weighted by Crippen LogP contribution is 2.38. The molecule has 0 bridgehead atoms. The predicted octanol–water partition coefficient (Wildman–Crippen LogP) is 4.62. The van der Waals surface area contributed by atoms with E-state index in [-0.39, 0.29) is 18.6 Å². The number of hydrogen-bond donors (Lipinski definition) is 0. The van der Waals surface area contributed by atoms with Gasteiger partial charge in [-0.1, -0.05) is 66.7 Å². The number of esters is 1. The van der Waals surface area contributed by atoms with Crippen molar-refractivity contribution >= 4 is 17.6 Å². The number of carbonyl (C=O) groups is 2. The first-order valence-corrected chi connectivity index (χ1v) is 10.6. The minimum absolute atomic E-state index is 0.193. The molecular formula is C26H24N2O4. The van der Waals surface area contributed by atoms with Crippen molar-refractivity contribution in [1.82, 2.24) is 5.01 Å². The summed E-state index contributed by atoms with van der Waals surface area (Å²) < 4.78 is 10.7. The molecule has 4 rings (SSSR count). The standard InChI is InChI=1S/C26H24N2O4/c1-2-31-25(29)18-32-24-16-10-9-15-21(24)23-17-22(19-11-5-3-6-12-19)27-28(23)26(30)20-13-7-4-8-14-20/h3-16,23H,2,17-18H2,1H3/t23-/m0/s1. The van der Waals surface area contributed by atoms with Crippen LogP contribution in [-0.4, -0.2) is 35.8 Å². The first-order valence-electron chi connectivity index (χ1n) is 10.6. The van der Waals surface area contributed by atoms with Gasteiger partial charge in [0.25, 0.3) is 5.91 Å². The molecule has 0 radical (unpaired) electrons. The SMILES string of the molecule is CCOC(=O)COc1ccccc1[C@@H]1CC(c2ccccc2)=NN1C(=O)c1ccccc1. The summed E-state index contributed by atoms with van der Waals surface area (Å²) in [6.45, 7) is 1.84. The molecule has 32 heavy (non-hydrogen) atoms. The lowest BCUT2D eigenvalue weighted by atomic mass is 9.97. The van der Waals surface area contributed by atoms with Gasteiger partial charge in [0.15, 0.2) is 6.61 Å². The Balaban J connectivity index is 1.68. The Kier molecular flexibility index (Phi) is 6.60. The van der Waals surface area contributed by atoms with Gasteiger partial charge in [-0.15, -0.1) is 0 Å². The molecule has 0 aromatic heterocycles. The normalized spacial score (nSPS) is 15.2. The number of carbonyl (C=O) groups excluding carboxylic acids is 2. The van der Waals surface area contributed by atoms with Crippen molar-refractivity contribution < 1.29 is 19.1 Å². The van der Waals surface area contributed by atoms with Crippen LogP contribution >= 0.6 is 0 Å². The molecule has 0 spiro atoms. The van der Waals surface area contributed by atoms with Crippen LogP contribution in [0.3, 0.4) is 0 Å². The van der Waals surface area contributed by atoms with E-state index in [4.69, 9.17) is 14.6 Å². The van der Waals surface area contributed by atoms with Crippen LogP contribution in [0.1, 0.15) is 40.9 Å². The molecule has 1 atom stereocenters. The van der Waals surface area contributed by atoms with Crippen molar-refractivity contribution in [3.8, 4) is 5.75 Å². The summed E-state index contributed by atoms with van der Waals surface area (Å²) in [4.78, 5) is 25.2. The van der Waals surface area contributed by atoms with Crippen LogP contribution < -0.4 is 4.74 Å². The summed E-state index contributed by atoms with van der Waals surface area (Å²) in [6.07, 6.45) is 0.530. The molecule has 3 aromatic rings. The minimum atomic E-state index is -0.438. The lowest BCUT2D eigenvalue weighted by Crippen LogP contribution is -2.27. The topological polar surface area (TPSA) is 68.2 Å². The second-order valence-corrected chi connectivity index (χ2v) is 7.28. The van der Waals surface area contributed by atoms with Gasteiger partial charge in [-0.05, 0) is 30.7 Å². The highest BCUT2D eigenvalue weighted by molar-refractivity contribution is 6.05. The van der Waals surface area contributed by atoms with E-state index >= 15 is 0 Å². The molecule has 1 amide bonds. The number of benzene rings is 3. The molecule has 1 heterocycles. The van der Waals surface area contributed by atoms with Crippen molar-refractivity contribution in [2.45, 2.75) is 19.4 Å². The van der Waals surface area contributed by atoms with Crippen LogP contribution in [0.4, 0.5) is 0 Å². The second kappa shape index (κ2) is 9.92. The van der Waals surface area contributed by atoms with Gasteiger partial charge >= 0.3 is 5.97 Å². The van der Waals surface area contributed by atoms with Crippen LogP contribution in [0.15, 0.2) is 90.0 Å². The summed E-state index contributed by atoms with van der Waals surface area (Å²) in [6, 6.07) is 25.9. The molecule has 6 heteroatoms. The highest BCUT2D eigenvalue weighted by atomic mass is 16.6. The highest BCUT2D eigenvalue weighted by Gasteiger charge is 2.35. The number of para-hydroxylation sites is 1. The van der Waals surface area contributed by atoms with Crippen molar-refractivity contribution in [3.05, 3.63) is 102 Å². The number of amides is 1. The van der Waals surface area contributed by atoms with E-state index in [1.807, 2.05) is 66.7 Å². The van der Waals surface area contributed by atoms with Crippen LogP contribution in [0.2, 0.25) is 0 Å². The number of rotatable bonds is 7. The van der Waals surface area contributed by atoms with Crippen molar-refractivity contribution in [3.63, 3.8) is 0 Å². The molecule has 3 aromatic carbocycles. The van der Waals surface area contributed by atoms with Crippen LogP contribution in [0.25, 0.3) is 0 Å². The van der Waals surface area contributed by atoms with E-state index < -0.39 is 5.97 Å². The maximum absolute atomic E-state index is 13.4. The van der Waals surface area contributed by atoms with E-state index in [2.05, 4.69) is 0 Å². The summed E-state index contributed by atoms with van der Waals surface area (Å²) in [5, 5.41) is 6.23. The zero-order chi connectivity index (χ0) is 22.3. The number of hydrazone groups is 1. The van der Waals surface area contributed by atoms with Crippen molar-refractivity contribution in [1.29, 1.82) is 0 Å². The van der Waals surface area contributed by atoms with Crippen LogP contribution in [0, 0.1) is 0 Å². The van der Waals surface area contributed by atoms with Crippen molar-refractivity contribution in [2.24, 2.45) is 5.10 Å². The van der Waals surface area contributed by atoms with E-state index in [0.717, 1.165) is 16.8 Å². The molecule has 1 aliphatic rings. The van der Waals surface area contributed by atoms with E-state index in [0.29, 0.717) is 24.3 Å². The fourth-order valence-corrected chi connectivity index (χ4v) is 3.68. The molecule has 0 unspecified atom stereocenters. The Morgan fingerprint density at radius 1 is 0.938 bits per heavy atom. The molecule has 6 nitrogen and oxygen atoms in total. The number of nitrogens with zero attached hydrogens (tertiary/aromatic N) is 2. The van der Waals surface area contributed by atoms with E-state index in [1.54, 1.807) is 25.1 Å². The summed E-state index contributed by atoms with van der Waals surface area (Å²) in [5.74, 6) is -0.102. The predicted molar refractivity (Wildman–Crippen MR) is 122 cm³/mol. The lowest BCUT2D eigenvalue weighted by Gasteiger charge is -2.24. The maximum atomic E-state index is 13.4. The maximum Gasteiger partial charge on any atom is 0.344 e. The summed E-state index contributed by atoms with van der Waals surface area (Å²) in [7, 11) is 0. The third-order valence-corrected chi connectivity index (χ3v) is 5.18. The molecule has 0 saturated carbocycles. The van der Waals surface area contributed by atoms with E-state index in [1.165, 1.54) is 5.01 Å². The molecule has 0 fully saturated rings. The zero-order valence-electron chi connectivity index (χ0n) is 17.8. The quantitative estimate of drug-likeness (QED) is 0.515. The van der Waals surface area contributed by atoms with Crippen LogP contribution in [0.5, 0.6) is 5.75 Å². The lowest BCUT2D eigenvalue weighted by molar-refractivity contribution is -0.145. The van der Waals surface area contributed by atoms with Gasteiger partial charge in [-0.25, -0.2) is 9.80 Å². The smallest absolute Gasteiger partial charge is 0.344 e. The Bertz CT molecular complexity index is 1110. The first kappa shape index (κ1) is 21.3. The Morgan fingerprint density at radius 3 is 2.31 bits per heavy atom. The largest absolute Gasteiger partial charge is 0.482 e. The van der Waals surface area contributed by atoms with Crippen molar-refractivity contribution in [2.75, 3.05) is 13.2 Å². The van der Waals surface area contributed by atoms with E-state index in [9.17, 15) is 9.59 Å². The average molecular weight is 428 g/mol. The molecule has 0 N–H and O–H groups in total. The van der Waals surface area contributed by atoms with Gasteiger partial charge in [-0.2, -0.15) is 5.10 Å². The monoisotopic (exact) mass is 428 g/mol. The Labute approximate surface area is 187 Å². The fourth-order valence-electron chi connectivity index (χ4n) is 3.68. The zero-order valence-corrected chi connectivity index (χ0v) is 17.8. The Morgan fingerprint density at radius 2 is 1.59 bits per heavy atom. The summed E-state index contributed by atoms with van der Waals surface area (Å²) >= 11 is 0. The van der Waals surface area contributed by atoms with Crippen LogP contribution in [-0.2, 0) is 9.53 Å². The molecule has 1 aliphatic heterocycles. The average Bonchev–Trinajstić information content (AvgIpc) is 3.29. The third kappa shape index (κ3) is 4.70. The number of ether oxygens (including phenoxy) is 2.